The second-order valence-corrected chi connectivity index (χ2v) is 5.50. The summed E-state index contributed by atoms with van der Waals surface area (Å²) >= 11 is 3.29. The quantitative estimate of drug-likeness (QED) is 0.809. The topological polar surface area (TPSA) is 71.3 Å². The Morgan fingerprint density at radius 2 is 2.08 bits per heavy atom. The van der Waals surface area contributed by atoms with E-state index in [-0.39, 0.29) is 12.3 Å². The fourth-order valence-electron chi connectivity index (χ4n) is 1.92. The number of nitriles is 1. The van der Waals surface area contributed by atoms with Gasteiger partial charge in [0, 0.05) is 6.07 Å². The lowest BCUT2D eigenvalue weighted by molar-refractivity contribution is -0.118. The molecule has 0 aliphatic heterocycles. The van der Waals surface area contributed by atoms with Crippen LogP contribution in [0.15, 0.2) is 40.9 Å². The molecular formula is C17H14BrFN2O3. The van der Waals surface area contributed by atoms with Crippen LogP contribution in [0.1, 0.15) is 12.5 Å². The molecule has 1 N–H and O–H groups in total. The van der Waals surface area contributed by atoms with E-state index < -0.39 is 11.7 Å². The first-order chi connectivity index (χ1) is 11.5. The highest BCUT2D eigenvalue weighted by atomic mass is 79.9. The van der Waals surface area contributed by atoms with Crippen molar-refractivity contribution >= 4 is 27.5 Å². The van der Waals surface area contributed by atoms with E-state index in [2.05, 4.69) is 21.2 Å². The minimum absolute atomic E-state index is 0.0787. The van der Waals surface area contributed by atoms with E-state index in [9.17, 15) is 9.18 Å². The number of amides is 1. The van der Waals surface area contributed by atoms with Crippen molar-refractivity contribution in [2.75, 3.05) is 18.5 Å². The van der Waals surface area contributed by atoms with Gasteiger partial charge in [-0.25, -0.2) is 4.39 Å². The Hall–Kier alpha value is -2.59. The van der Waals surface area contributed by atoms with Gasteiger partial charge < -0.3 is 14.8 Å². The van der Waals surface area contributed by atoms with Gasteiger partial charge in [-0.15, -0.1) is 0 Å². The predicted octanol–water partition coefficient (Wildman–Crippen LogP) is 3.88. The van der Waals surface area contributed by atoms with Crippen molar-refractivity contribution in [2.24, 2.45) is 0 Å². The van der Waals surface area contributed by atoms with Crippen LogP contribution in [-0.2, 0) is 4.79 Å². The number of anilines is 1. The van der Waals surface area contributed by atoms with E-state index in [1.54, 1.807) is 19.1 Å². The zero-order valence-corrected chi connectivity index (χ0v) is 14.4. The number of carbonyl (C=O) groups is 1. The Bertz CT molecular complexity index is 790. The fourth-order valence-corrected chi connectivity index (χ4v) is 2.48. The molecule has 2 rings (SSSR count). The molecule has 0 saturated heterocycles. The largest absolute Gasteiger partial charge is 0.490 e. The number of nitrogens with one attached hydrogen (secondary N) is 1. The average Bonchev–Trinajstić information content (AvgIpc) is 2.56. The fraction of sp³-hybridized carbons (Fsp3) is 0.176. The highest BCUT2D eigenvalue weighted by molar-refractivity contribution is 9.10. The molecule has 0 aromatic heterocycles. The third-order valence-electron chi connectivity index (χ3n) is 2.93. The molecule has 2 aromatic rings. The average molecular weight is 393 g/mol. The van der Waals surface area contributed by atoms with E-state index in [0.29, 0.717) is 28.1 Å². The number of ether oxygens (including phenoxy) is 2. The standard InChI is InChI=1S/C17H14BrFN2O3/c1-2-23-15-8-11(9-20)7-12(18)17(15)24-10-16(22)21-14-6-4-3-5-13(14)19/h3-8H,2,10H2,1H3,(H,21,22). The SMILES string of the molecule is CCOc1cc(C#N)cc(Br)c1OCC(=O)Nc1ccccc1F. The third kappa shape index (κ3) is 4.46. The molecule has 0 heterocycles. The van der Waals surface area contributed by atoms with Crippen molar-refractivity contribution in [1.29, 1.82) is 5.26 Å². The lowest BCUT2D eigenvalue weighted by atomic mass is 10.2. The van der Waals surface area contributed by atoms with Crippen molar-refractivity contribution in [3.63, 3.8) is 0 Å². The molecule has 124 valence electrons. The number of nitrogens with zero attached hydrogens (tertiary/aromatic N) is 1. The summed E-state index contributed by atoms with van der Waals surface area (Å²) in [6.45, 7) is 1.83. The lowest BCUT2D eigenvalue weighted by Crippen LogP contribution is -2.21. The predicted molar refractivity (Wildman–Crippen MR) is 90.6 cm³/mol. The molecule has 2 aromatic carbocycles. The van der Waals surface area contributed by atoms with Crippen molar-refractivity contribution < 1.29 is 18.7 Å². The van der Waals surface area contributed by atoms with E-state index in [4.69, 9.17) is 14.7 Å². The number of hydrogen-bond donors (Lipinski definition) is 1. The van der Waals surface area contributed by atoms with Crippen molar-refractivity contribution in [3.05, 3.63) is 52.3 Å². The smallest absolute Gasteiger partial charge is 0.262 e. The van der Waals surface area contributed by atoms with Crippen molar-refractivity contribution in [1.82, 2.24) is 0 Å². The number of halogens is 2. The van der Waals surface area contributed by atoms with Gasteiger partial charge in [-0.2, -0.15) is 5.26 Å². The van der Waals surface area contributed by atoms with Gasteiger partial charge in [-0.3, -0.25) is 4.79 Å². The Kier molecular flexibility index (Phi) is 6.15. The summed E-state index contributed by atoms with van der Waals surface area (Å²) in [6.07, 6.45) is 0. The van der Waals surface area contributed by atoms with Gasteiger partial charge in [-0.05, 0) is 41.1 Å². The van der Waals surface area contributed by atoms with Crippen LogP contribution < -0.4 is 14.8 Å². The minimum Gasteiger partial charge on any atom is -0.490 e. The molecule has 0 fully saturated rings. The van der Waals surface area contributed by atoms with Gasteiger partial charge in [0.25, 0.3) is 5.91 Å². The maximum atomic E-state index is 13.5. The van der Waals surface area contributed by atoms with Gasteiger partial charge in [0.05, 0.1) is 28.4 Å². The molecule has 0 aliphatic rings. The number of para-hydroxylation sites is 1. The zero-order valence-electron chi connectivity index (χ0n) is 12.8. The molecule has 0 saturated carbocycles. The monoisotopic (exact) mass is 392 g/mol. The molecule has 1 amide bonds. The summed E-state index contributed by atoms with van der Waals surface area (Å²) < 4.78 is 24.9. The molecule has 5 nitrogen and oxygen atoms in total. The van der Waals surface area contributed by atoms with Crippen LogP contribution in [0.4, 0.5) is 10.1 Å². The molecule has 0 aliphatic carbocycles. The summed E-state index contributed by atoms with van der Waals surface area (Å²) in [5, 5.41) is 11.4. The number of hydrogen-bond acceptors (Lipinski definition) is 4. The Morgan fingerprint density at radius 3 is 2.75 bits per heavy atom. The maximum absolute atomic E-state index is 13.5. The van der Waals surface area contributed by atoms with Gasteiger partial charge >= 0.3 is 0 Å². The molecule has 0 unspecified atom stereocenters. The summed E-state index contributed by atoms with van der Waals surface area (Å²) in [7, 11) is 0. The molecule has 0 atom stereocenters. The first-order valence-electron chi connectivity index (χ1n) is 7.08. The normalized spacial score (nSPS) is 9.92. The first kappa shape index (κ1) is 17.8. The lowest BCUT2D eigenvalue weighted by Gasteiger charge is -2.14. The van der Waals surface area contributed by atoms with Crippen molar-refractivity contribution in [2.45, 2.75) is 6.92 Å². The van der Waals surface area contributed by atoms with Crippen LogP contribution in [0.3, 0.4) is 0 Å². The van der Waals surface area contributed by atoms with E-state index in [1.807, 2.05) is 6.07 Å². The van der Waals surface area contributed by atoms with Gasteiger partial charge in [0.2, 0.25) is 0 Å². The van der Waals surface area contributed by atoms with Gasteiger partial charge in [0.15, 0.2) is 18.1 Å². The summed E-state index contributed by atoms with van der Waals surface area (Å²) in [4.78, 5) is 11.9. The van der Waals surface area contributed by atoms with E-state index in [0.717, 1.165) is 0 Å². The number of rotatable bonds is 6. The summed E-state index contributed by atoms with van der Waals surface area (Å²) in [6, 6.07) is 11.0. The molecule has 0 bridgehead atoms. The highest BCUT2D eigenvalue weighted by Crippen LogP contribution is 2.36. The molecular weight excluding hydrogens is 379 g/mol. The van der Waals surface area contributed by atoms with E-state index in [1.165, 1.54) is 24.3 Å². The van der Waals surface area contributed by atoms with Crippen LogP contribution >= 0.6 is 15.9 Å². The van der Waals surface area contributed by atoms with Crippen LogP contribution in [-0.4, -0.2) is 19.1 Å². The van der Waals surface area contributed by atoms with Crippen LogP contribution in [0.25, 0.3) is 0 Å². The van der Waals surface area contributed by atoms with Crippen LogP contribution in [0.2, 0.25) is 0 Å². The van der Waals surface area contributed by atoms with Crippen LogP contribution in [0, 0.1) is 17.1 Å². The number of carbonyl (C=O) groups excluding carboxylic acids is 1. The first-order valence-corrected chi connectivity index (χ1v) is 7.88. The Balaban J connectivity index is 2.10. The molecule has 24 heavy (non-hydrogen) atoms. The van der Waals surface area contributed by atoms with Crippen molar-refractivity contribution in [3.8, 4) is 17.6 Å². The third-order valence-corrected chi connectivity index (χ3v) is 3.52. The Labute approximate surface area is 147 Å². The van der Waals surface area contributed by atoms with Gasteiger partial charge in [-0.1, -0.05) is 12.1 Å². The van der Waals surface area contributed by atoms with Gasteiger partial charge in [0.1, 0.15) is 5.82 Å². The molecule has 0 radical (unpaired) electrons. The zero-order chi connectivity index (χ0) is 17.5. The second-order valence-electron chi connectivity index (χ2n) is 4.65. The summed E-state index contributed by atoms with van der Waals surface area (Å²) in [5.41, 5.74) is 0.475. The van der Waals surface area contributed by atoms with E-state index >= 15 is 0 Å². The number of benzene rings is 2. The summed E-state index contributed by atoms with van der Waals surface area (Å²) in [5.74, 6) is -0.388. The minimum atomic E-state index is -0.527. The Morgan fingerprint density at radius 1 is 1.33 bits per heavy atom. The van der Waals surface area contributed by atoms with Crippen LogP contribution in [0.5, 0.6) is 11.5 Å². The highest BCUT2D eigenvalue weighted by Gasteiger charge is 2.14. The maximum Gasteiger partial charge on any atom is 0.262 e. The second kappa shape index (κ2) is 8.31. The molecule has 7 heteroatoms. The molecule has 0 spiro atoms.